The molecule has 0 radical (unpaired) electrons. The zero-order chi connectivity index (χ0) is 12.3. The van der Waals surface area contributed by atoms with Gasteiger partial charge in [-0.25, -0.2) is 0 Å². The second kappa shape index (κ2) is 5.52. The third-order valence-electron chi connectivity index (χ3n) is 3.44. The van der Waals surface area contributed by atoms with Crippen molar-refractivity contribution in [3.8, 4) is 5.75 Å². The summed E-state index contributed by atoms with van der Waals surface area (Å²) in [6.07, 6.45) is 2.79. The molecule has 0 spiro atoms. The normalized spacial score (nSPS) is 25.3. The number of hydrogen-bond acceptors (Lipinski definition) is 3. The maximum Gasteiger partial charge on any atom is 0.115 e. The first kappa shape index (κ1) is 12.4. The largest absolute Gasteiger partial charge is 0.508 e. The molecule has 3 nitrogen and oxygen atoms in total. The molecule has 1 aliphatic carbocycles. The highest BCUT2D eigenvalue weighted by Crippen LogP contribution is 2.26. The Labute approximate surface area is 102 Å². The van der Waals surface area contributed by atoms with Crippen LogP contribution < -0.4 is 5.32 Å². The van der Waals surface area contributed by atoms with Gasteiger partial charge in [0.25, 0.3) is 0 Å². The summed E-state index contributed by atoms with van der Waals surface area (Å²) < 4.78 is 0. The minimum Gasteiger partial charge on any atom is -0.508 e. The second-order valence-corrected chi connectivity index (χ2v) is 5.17. The molecule has 2 rings (SSSR count). The van der Waals surface area contributed by atoms with Crippen molar-refractivity contribution < 1.29 is 10.2 Å². The van der Waals surface area contributed by atoms with Gasteiger partial charge in [0.15, 0.2) is 0 Å². The Bertz CT molecular complexity index is 344. The van der Waals surface area contributed by atoms with Gasteiger partial charge < -0.3 is 15.5 Å². The molecule has 3 heteroatoms. The van der Waals surface area contributed by atoms with Gasteiger partial charge in [0.1, 0.15) is 5.75 Å². The van der Waals surface area contributed by atoms with Crippen LogP contribution in [0.25, 0.3) is 0 Å². The first-order valence-corrected chi connectivity index (χ1v) is 6.33. The summed E-state index contributed by atoms with van der Waals surface area (Å²) in [6, 6.07) is 7.80. The molecule has 1 aromatic carbocycles. The molecule has 0 aromatic heterocycles. The van der Waals surface area contributed by atoms with Crippen LogP contribution in [0, 0.1) is 5.92 Å². The molecule has 94 valence electrons. The zero-order valence-corrected chi connectivity index (χ0v) is 10.3. The van der Waals surface area contributed by atoms with Crippen LogP contribution in [0.2, 0.25) is 0 Å². The summed E-state index contributed by atoms with van der Waals surface area (Å²) in [5, 5.41) is 21.9. The van der Waals surface area contributed by atoms with Crippen LogP contribution in [0.3, 0.4) is 0 Å². The standard InChI is InChI=1S/C14H21NO2/c1-10(15-9-12-7-14(17)8-12)6-11-2-4-13(16)5-3-11/h2-5,10,12,14-17H,6-9H2,1H3. The van der Waals surface area contributed by atoms with E-state index in [1.54, 1.807) is 12.1 Å². The second-order valence-electron chi connectivity index (χ2n) is 5.17. The average Bonchev–Trinajstić information content (AvgIpc) is 2.26. The highest BCUT2D eigenvalue weighted by molar-refractivity contribution is 5.26. The first-order valence-electron chi connectivity index (χ1n) is 6.33. The number of aromatic hydroxyl groups is 1. The van der Waals surface area contributed by atoms with Crippen LogP contribution in [0.15, 0.2) is 24.3 Å². The van der Waals surface area contributed by atoms with Crippen molar-refractivity contribution in [2.24, 2.45) is 5.92 Å². The number of benzene rings is 1. The Balaban J connectivity index is 1.69. The van der Waals surface area contributed by atoms with Crippen molar-refractivity contribution in [3.63, 3.8) is 0 Å². The summed E-state index contributed by atoms with van der Waals surface area (Å²) in [4.78, 5) is 0. The number of phenols is 1. The van der Waals surface area contributed by atoms with E-state index in [4.69, 9.17) is 0 Å². The predicted molar refractivity (Wildman–Crippen MR) is 68.0 cm³/mol. The van der Waals surface area contributed by atoms with Crippen molar-refractivity contribution in [2.75, 3.05) is 6.54 Å². The molecule has 0 saturated heterocycles. The van der Waals surface area contributed by atoms with Crippen LogP contribution in [-0.2, 0) is 6.42 Å². The Hall–Kier alpha value is -1.06. The monoisotopic (exact) mass is 235 g/mol. The lowest BCUT2D eigenvalue weighted by molar-refractivity contribution is 0.0421. The molecule has 17 heavy (non-hydrogen) atoms. The van der Waals surface area contributed by atoms with Crippen LogP contribution in [0.4, 0.5) is 0 Å². The van der Waals surface area contributed by atoms with Gasteiger partial charge in [-0.1, -0.05) is 12.1 Å². The lowest BCUT2D eigenvalue weighted by Gasteiger charge is -2.32. The maximum absolute atomic E-state index is 9.19. The van der Waals surface area contributed by atoms with Crippen molar-refractivity contribution in [1.82, 2.24) is 5.32 Å². The Morgan fingerprint density at radius 2 is 1.94 bits per heavy atom. The molecule has 1 fully saturated rings. The highest BCUT2D eigenvalue weighted by Gasteiger charge is 2.26. The van der Waals surface area contributed by atoms with Crippen molar-refractivity contribution in [2.45, 2.75) is 38.3 Å². The topological polar surface area (TPSA) is 52.5 Å². The summed E-state index contributed by atoms with van der Waals surface area (Å²) in [5.41, 5.74) is 1.23. The van der Waals surface area contributed by atoms with Crippen LogP contribution in [-0.4, -0.2) is 28.9 Å². The molecule has 0 aliphatic heterocycles. The van der Waals surface area contributed by atoms with E-state index in [0.29, 0.717) is 17.7 Å². The molecule has 1 aliphatic rings. The van der Waals surface area contributed by atoms with Gasteiger partial charge in [-0.05, 0) is 56.3 Å². The van der Waals surface area contributed by atoms with E-state index in [1.165, 1.54) is 5.56 Å². The molecule has 1 saturated carbocycles. The van der Waals surface area contributed by atoms with E-state index in [9.17, 15) is 10.2 Å². The lowest BCUT2D eigenvalue weighted by atomic mass is 9.82. The van der Waals surface area contributed by atoms with E-state index in [2.05, 4.69) is 12.2 Å². The van der Waals surface area contributed by atoms with Crippen LogP contribution in [0.5, 0.6) is 5.75 Å². The Kier molecular flexibility index (Phi) is 4.02. The number of nitrogens with one attached hydrogen (secondary N) is 1. The Morgan fingerprint density at radius 1 is 1.29 bits per heavy atom. The molecular formula is C14H21NO2. The lowest BCUT2D eigenvalue weighted by Crippen LogP contribution is -2.39. The van der Waals surface area contributed by atoms with Crippen molar-refractivity contribution in [1.29, 1.82) is 0 Å². The number of aliphatic hydroxyl groups excluding tert-OH is 1. The molecule has 0 amide bonds. The minimum atomic E-state index is -0.0609. The summed E-state index contributed by atoms with van der Waals surface area (Å²) >= 11 is 0. The van der Waals surface area contributed by atoms with Gasteiger partial charge in [0, 0.05) is 6.04 Å². The average molecular weight is 235 g/mol. The number of hydrogen-bond donors (Lipinski definition) is 3. The minimum absolute atomic E-state index is 0.0609. The zero-order valence-electron chi connectivity index (χ0n) is 10.3. The molecule has 1 aromatic rings. The third kappa shape index (κ3) is 3.72. The first-order chi connectivity index (χ1) is 8.13. The van der Waals surface area contributed by atoms with Crippen LogP contribution >= 0.6 is 0 Å². The molecule has 1 unspecified atom stereocenters. The molecule has 0 heterocycles. The number of aliphatic hydroxyl groups is 1. The van der Waals surface area contributed by atoms with Gasteiger partial charge >= 0.3 is 0 Å². The fourth-order valence-electron chi connectivity index (χ4n) is 2.29. The van der Waals surface area contributed by atoms with E-state index in [0.717, 1.165) is 25.8 Å². The van der Waals surface area contributed by atoms with E-state index in [-0.39, 0.29) is 6.10 Å². The summed E-state index contributed by atoms with van der Waals surface area (Å²) in [7, 11) is 0. The summed E-state index contributed by atoms with van der Waals surface area (Å²) in [5.74, 6) is 0.963. The maximum atomic E-state index is 9.19. The van der Waals surface area contributed by atoms with Crippen molar-refractivity contribution >= 4 is 0 Å². The van der Waals surface area contributed by atoms with Crippen molar-refractivity contribution in [3.05, 3.63) is 29.8 Å². The third-order valence-corrected chi connectivity index (χ3v) is 3.44. The molecule has 1 atom stereocenters. The highest BCUT2D eigenvalue weighted by atomic mass is 16.3. The smallest absolute Gasteiger partial charge is 0.115 e. The predicted octanol–water partition coefficient (Wildman–Crippen LogP) is 1.68. The van der Waals surface area contributed by atoms with E-state index in [1.807, 2.05) is 12.1 Å². The van der Waals surface area contributed by atoms with E-state index >= 15 is 0 Å². The van der Waals surface area contributed by atoms with Gasteiger partial charge in [-0.3, -0.25) is 0 Å². The molecular weight excluding hydrogens is 214 g/mol. The SMILES string of the molecule is CC(Cc1ccc(O)cc1)NCC1CC(O)C1. The Morgan fingerprint density at radius 3 is 2.53 bits per heavy atom. The fourth-order valence-corrected chi connectivity index (χ4v) is 2.29. The van der Waals surface area contributed by atoms with Gasteiger partial charge in [0.05, 0.1) is 6.10 Å². The summed E-state index contributed by atoms with van der Waals surface area (Å²) in [6.45, 7) is 3.16. The molecule has 3 N–H and O–H groups in total. The van der Waals surface area contributed by atoms with Gasteiger partial charge in [-0.2, -0.15) is 0 Å². The fraction of sp³-hybridized carbons (Fsp3) is 0.571. The van der Waals surface area contributed by atoms with E-state index < -0.39 is 0 Å². The van der Waals surface area contributed by atoms with Gasteiger partial charge in [-0.15, -0.1) is 0 Å². The number of rotatable bonds is 5. The van der Waals surface area contributed by atoms with Crippen LogP contribution in [0.1, 0.15) is 25.3 Å². The molecule has 0 bridgehead atoms. The quantitative estimate of drug-likeness (QED) is 0.728. The van der Waals surface area contributed by atoms with Gasteiger partial charge in [0.2, 0.25) is 0 Å². The number of phenolic OH excluding ortho intramolecular Hbond substituents is 1.